The molecule has 116 valence electrons. The molecule has 0 saturated carbocycles. The van der Waals surface area contributed by atoms with Gasteiger partial charge in [0.25, 0.3) is 0 Å². The van der Waals surface area contributed by atoms with Crippen molar-refractivity contribution in [2.75, 3.05) is 18.0 Å². The number of anilines is 1. The summed E-state index contributed by atoms with van der Waals surface area (Å²) in [7, 11) is 0. The van der Waals surface area contributed by atoms with Gasteiger partial charge in [-0.25, -0.2) is 0 Å². The highest BCUT2D eigenvalue weighted by Crippen LogP contribution is 2.27. The van der Waals surface area contributed by atoms with Gasteiger partial charge in [-0.15, -0.1) is 0 Å². The summed E-state index contributed by atoms with van der Waals surface area (Å²) in [5, 5.41) is 3.64. The molecule has 0 aliphatic carbocycles. The SMILES string of the molecule is CC(=O)N(CCNC(=O)CC(C)C)c1ccc(Cl)c(Cl)c1. The molecule has 4 nitrogen and oxygen atoms in total. The highest BCUT2D eigenvalue weighted by molar-refractivity contribution is 6.42. The summed E-state index contributed by atoms with van der Waals surface area (Å²) < 4.78 is 0. The van der Waals surface area contributed by atoms with Crippen molar-refractivity contribution in [2.45, 2.75) is 27.2 Å². The summed E-state index contributed by atoms with van der Waals surface area (Å²) in [4.78, 5) is 24.9. The number of halogens is 2. The number of rotatable bonds is 6. The molecule has 0 aromatic heterocycles. The number of nitrogens with zero attached hydrogens (tertiary/aromatic N) is 1. The Balaban J connectivity index is 2.64. The Bertz CT molecular complexity index is 518. The fourth-order valence-electron chi connectivity index (χ4n) is 1.87. The van der Waals surface area contributed by atoms with E-state index < -0.39 is 0 Å². The average Bonchev–Trinajstić information content (AvgIpc) is 2.37. The van der Waals surface area contributed by atoms with E-state index in [1.165, 1.54) is 6.92 Å². The number of carbonyl (C=O) groups excluding carboxylic acids is 2. The zero-order valence-corrected chi connectivity index (χ0v) is 14.0. The quantitative estimate of drug-likeness (QED) is 0.867. The fraction of sp³-hybridized carbons (Fsp3) is 0.467. The molecule has 6 heteroatoms. The average molecular weight is 331 g/mol. The van der Waals surface area contributed by atoms with Gasteiger partial charge in [-0.1, -0.05) is 37.0 Å². The molecule has 0 unspecified atom stereocenters. The molecule has 0 aliphatic rings. The lowest BCUT2D eigenvalue weighted by molar-refractivity contribution is -0.122. The van der Waals surface area contributed by atoms with Crippen LogP contribution in [0.25, 0.3) is 0 Å². The van der Waals surface area contributed by atoms with Gasteiger partial charge in [-0.2, -0.15) is 0 Å². The van der Waals surface area contributed by atoms with Gasteiger partial charge in [0.15, 0.2) is 0 Å². The van der Waals surface area contributed by atoms with Crippen molar-refractivity contribution in [2.24, 2.45) is 5.92 Å². The van der Waals surface area contributed by atoms with Crippen molar-refractivity contribution in [3.63, 3.8) is 0 Å². The Morgan fingerprint density at radius 2 is 1.90 bits per heavy atom. The predicted molar refractivity (Wildman–Crippen MR) is 87.0 cm³/mol. The highest BCUT2D eigenvalue weighted by atomic mass is 35.5. The Labute approximate surface area is 135 Å². The van der Waals surface area contributed by atoms with Crippen LogP contribution in [0, 0.1) is 5.92 Å². The molecule has 1 aromatic rings. The molecular weight excluding hydrogens is 311 g/mol. The first-order valence-electron chi connectivity index (χ1n) is 6.81. The monoisotopic (exact) mass is 330 g/mol. The molecule has 0 fully saturated rings. The third kappa shape index (κ3) is 5.94. The summed E-state index contributed by atoms with van der Waals surface area (Å²) in [6, 6.07) is 5.01. The molecule has 0 aliphatic heterocycles. The van der Waals surface area contributed by atoms with Crippen LogP contribution in [0.1, 0.15) is 27.2 Å². The Morgan fingerprint density at radius 3 is 2.43 bits per heavy atom. The van der Waals surface area contributed by atoms with Crippen LogP contribution in [-0.2, 0) is 9.59 Å². The lowest BCUT2D eigenvalue weighted by Crippen LogP contribution is -2.37. The van der Waals surface area contributed by atoms with E-state index in [9.17, 15) is 9.59 Å². The van der Waals surface area contributed by atoms with Crippen LogP contribution in [-0.4, -0.2) is 24.9 Å². The van der Waals surface area contributed by atoms with Crippen molar-refractivity contribution in [1.29, 1.82) is 0 Å². The maximum atomic E-state index is 11.7. The van der Waals surface area contributed by atoms with Gasteiger partial charge in [-0.3, -0.25) is 9.59 Å². The van der Waals surface area contributed by atoms with Gasteiger partial charge in [0, 0.05) is 32.1 Å². The van der Waals surface area contributed by atoms with E-state index in [0.717, 1.165) is 0 Å². The molecule has 1 aromatic carbocycles. The fourth-order valence-corrected chi connectivity index (χ4v) is 2.16. The Morgan fingerprint density at radius 1 is 1.24 bits per heavy atom. The van der Waals surface area contributed by atoms with Crippen molar-refractivity contribution < 1.29 is 9.59 Å². The second-order valence-corrected chi connectivity index (χ2v) is 6.03. The van der Waals surface area contributed by atoms with Crippen molar-refractivity contribution in [1.82, 2.24) is 5.32 Å². The molecule has 0 spiro atoms. The zero-order valence-electron chi connectivity index (χ0n) is 12.5. The molecule has 1 N–H and O–H groups in total. The number of nitrogens with one attached hydrogen (secondary N) is 1. The third-order valence-corrected chi connectivity index (χ3v) is 3.59. The molecule has 21 heavy (non-hydrogen) atoms. The maximum Gasteiger partial charge on any atom is 0.223 e. The van der Waals surface area contributed by atoms with Crippen LogP contribution in [0.2, 0.25) is 10.0 Å². The van der Waals surface area contributed by atoms with E-state index >= 15 is 0 Å². The zero-order chi connectivity index (χ0) is 16.0. The minimum atomic E-state index is -0.119. The van der Waals surface area contributed by atoms with E-state index in [2.05, 4.69) is 5.32 Å². The lowest BCUT2D eigenvalue weighted by atomic mass is 10.1. The Hall–Kier alpha value is -1.26. The third-order valence-electron chi connectivity index (χ3n) is 2.85. The molecule has 0 radical (unpaired) electrons. The topological polar surface area (TPSA) is 49.4 Å². The standard InChI is InChI=1S/C15H20Cl2N2O2/c1-10(2)8-15(21)18-6-7-19(11(3)20)12-4-5-13(16)14(17)9-12/h4-5,9-10H,6-8H2,1-3H3,(H,18,21). The minimum Gasteiger partial charge on any atom is -0.354 e. The number of benzene rings is 1. The molecule has 0 bridgehead atoms. The summed E-state index contributed by atoms with van der Waals surface area (Å²) in [6.07, 6.45) is 0.479. The second kappa shape index (κ2) is 8.25. The molecular formula is C15H20Cl2N2O2. The summed E-state index contributed by atoms with van der Waals surface area (Å²) in [5.74, 6) is 0.179. The van der Waals surface area contributed by atoms with E-state index in [1.807, 2.05) is 13.8 Å². The summed E-state index contributed by atoms with van der Waals surface area (Å²) in [5.41, 5.74) is 0.662. The van der Waals surface area contributed by atoms with Crippen LogP contribution in [0.4, 0.5) is 5.69 Å². The van der Waals surface area contributed by atoms with Crippen molar-refractivity contribution in [3.05, 3.63) is 28.2 Å². The smallest absolute Gasteiger partial charge is 0.223 e. The minimum absolute atomic E-state index is 0.0114. The van der Waals surface area contributed by atoms with E-state index in [-0.39, 0.29) is 11.8 Å². The van der Waals surface area contributed by atoms with Gasteiger partial charge in [0.05, 0.1) is 10.0 Å². The van der Waals surface area contributed by atoms with Crippen LogP contribution in [0.15, 0.2) is 18.2 Å². The maximum absolute atomic E-state index is 11.7. The number of carbonyl (C=O) groups is 2. The normalized spacial score (nSPS) is 10.6. The first-order valence-corrected chi connectivity index (χ1v) is 7.56. The largest absolute Gasteiger partial charge is 0.354 e. The number of hydrogen-bond acceptors (Lipinski definition) is 2. The van der Waals surface area contributed by atoms with Gasteiger partial charge in [-0.05, 0) is 24.1 Å². The predicted octanol–water partition coefficient (Wildman–Crippen LogP) is 3.51. The molecule has 2 amide bonds. The van der Waals surface area contributed by atoms with Crippen LogP contribution in [0.3, 0.4) is 0 Å². The second-order valence-electron chi connectivity index (χ2n) is 5.22. The number of amides is 2. The van der Waals surface area contributed by atoms with Gasteiger partial charge >= 0.3 is 0 Å². The van der Waals surface area contributed by atoms with E-state index in [4.69, 9.17) is 23.2 Å². The van der Waals surface area contributed by atoms with Crippen LogP contribution in [0.5, 0.6) is 0 Å². The summed E-state index contributed by atoms with van der Waals surface area (Å²) >= 11 is 11.8. The molecule has 0 saturated heterocycles. The number of hydrogen-bond donors (Lipinski definition) is 1. The van der Waals surface area contributed by atoms with Crippen LogP contribution >= 0.6 is 23.2 Å². The van der Waals surface area contributed by atoms with Gasteiger partial charge in [0.2, 0.25) is 11.8 Å². The first-order chi connectivity index (χ1) is 9.81. The van der Waals surface area contributed by atoms with Gasteiger partial charge < -0.3 is 10.2 Å². The Kier molecular flexibility index (Phi) is 6.99. The highest BCUT2D eigenvalue weighted by Gasteiger charge is 2.13. The van der Waals surface area contributed by atoms with E-state index in [1.54, 1.807) is 23.1 Å². The first kappa shape index (κ1) is 17.8. The van der Waals surface area contributed by atoms with Crippen LogP contribution < -0.4 is 10.2 Å². The molecule has 1 rings (SSSR count). The van der Waals surface area contributed by atoms with Crippen molar-refractivity contribution in [3.8, 4) is 0 Å². The van der Waals surface area contributed by atoms with E-state index in [0.29, 0.717) is 41.2 Å². The van der Waals surface area contributed by atoms with Crippen molar-refractivity contribution >= 4 is 40.7 Å². The van der Waals surface area contributed by atoms with Gasteiger partial charge in [0.1, 0.15) is 0 Å². The molecule has 0 heterocycles. The lowest BCUT2D eigenvalue weighted by Gasteiger charge is -2.22. The molecule has 0 atom stereocenters. The summed E-state index contributed by atoms with van der Waals surface area (Å²) in [6.45, 7) is 6.22.